The van der Waals surface area contributed by atoms with Crippen LogP contribution in [-0.2, 0) is 22.4 Å². The number of anilines is 2. The van der Waals surface area contributed by atoms with Gasteiger partial charge in [-0.05, 0) is 24.6 Å². The molecule has 0 aliphatic carbocycles. The Balaban J connectivity index is 1.40. The molecule has 0 aromatic carbocycles. The van der Waals surface area contributed by atoms with Crippen LogP contribution in [-0.4, -0.2) is 93.9 Å². The van der Waals surface area contributed by atoms with E-state index in [0.717, 1.165) is 61.9 Å². The number of nitriles is 1. The van der Waals surface area contributed by atoms with Gasteiger partial charge in [0.05, 0.1) is 24.1 Å². The van der Waals surface area contributed by atoms with Gasteiger partial charge in [0.1, 0.15) is 24.2 Å². The predicted molar refractivity (Wildman–Crippen MR) is 154 cm³/mol. The molecule has 41 heavy (non-hydrogen) atoms. The summed E-state index contributed by atoms with van der Waals surface area (Å²) in [6, 6.07) is 6.54. The third-order valence-corrected chi connectivity index (χ3v) is 8.54. The molecule has 14 heteroatoms. The molecule has 226 valence electrons. The Morgan fingerprint density at radius 2 is 1.80 bits per heavy atom. The molecule has 2 aromatic rings. The maximum absolute atomic E-state index is 13.9. The summed E-state index contributed by atoms with van der Waals surface area (Å²) in [6.07, 6.45) is -1.39. The van der Waals surface area contributed by atoms with E-state index < -0.39 is 25.4 Å². The van der Waals surface area contributed by atoms with E-state index in [4.69, 9.17) is 14.7 Å². The fourth-order valence-electron chi connectivity index (χ4n) is 4.31. The number of likely N-dealkylation sites (N-methyl/N-ethyl adjacent to an activating group) is 1. The Hall–Kier alpha value is -2.99. The van der Waals surface area contributed by atoms with Crippen LogP contribution in [0.5, 0.6) is 0 Å². The minimum atomic E-state index is -4.83. The quantitative estimate of drug-likeness (QED) is 0.240. The van der Waals surface area contributed by atoms with Crippen LogP contribution < -0.4 is 15.4 Å². The van der Waals surface area contributed by atoms with Crippen molar-refractivity contribution in [1.82, 2.24) is 19.7 Å². The van der Waals surface area contributed by atoms with Crippen LogP contribution in [0.15, 0.2) is 29.3 Å². The molecule has 0 spiro atoms. The first-order valence-corrected chi connectivity index (χ1v) is 17.5. The third-order valence-electron chi connectivity index (χ3n) is 6.84. The maximum Gasteiger partial charge on any atom is 0.423 e. The van der Waals surface area contributed by atoms with Crippen LogP contribution in [0.3, 0.4) is 0 Å². The molecule has 0 unspecified atom stereocenters. The highest BCUT2D eigenvalue weighted by molar-refractivity contribution is 6.76. The maximum atomic E-state index is 13.9. The highest BCUT2D eigenvalue weighted by atomic mass is 28.3. The van der Waals surface area contributed by atoms with E-state index in [1.807, 2.05) is 6.07 Å². The van der Waals surface area contributed by atoms with E-state index in [2.05, 4.69) is 45.6 Å². The summed E-state index contributed by atoms with van der Waals surface area (Å²) in [6.45, 7) is 11.7. The number of rotatable bonds is 14. The van der Waals surface area contributed by atoms with Crippen LogP contribution in [0, 0.1) is 11.3 Å². The number of aromatic nitrogens is 3. The molecular weight excluding hydrogens is 555 g/mol. The first-order valence-electron chi connectivity index (χ1n) is 13.8. The second-order valence-corrected chi connectivity index (χ2v) is 16.9. The number of alkyl halides is 3. The van der Waals surface area contributed by atoms with E-state index in [1.165, 1.54) is 11.9 Å². The fourth-order valence-corrected chi connectivity index (χ4v) is 5.07. The number of halogens is 3. The zero-order valence-electron chi connectivity index (χ0n) is 24.3. The molecule has 1 fully saturated rings. The molecule has 0 radical (unpaired) electrons. The summed E-state index contributed by atoms with van der Waals surface area (Å²) in [7, 11) is 0.126. The van der Waals surface area contributed by atoms with Crippen LogP contribution in [0.2, 0.25) is 25.7 Å². The van der Waals surface area contributed by atoms with Crippen molar-refractivity contribution in [2.45, 2.75) is 45.0 Å². The van der Waals surface area contributed by atoms with Gasteiger partial charge < -0.3 is 19.3 Å². The van der Waals surface area contributed by atoms with Gasteiger partial charge >= 0.3 is 6.18 Å². The van der Waals surface area contributed by atoms with Crippen molar-refractivity contribution >= 4 is 19.6 Å². The van der Waals surface area contributed by atoms with Gasteiger partial charge in [0, 0.05) is 73.8 Å². The normalized spacial score (nSPS) is 14.7. The number of pyridine rings is 1. The summed E-state index contributed by atoms with van der Waals surface area (Å²) in [5.41, 5.74) is -2.21. The Morgan fingerprint density at radius 3 is 2.41 bits per heavy atom. The highest BCUT2D eigenvalue weighted by Crippen LogP contribution is 2.33. The zero-order chi connectivity index (χ0) is 30.0. The Bertz CT molecular complexity index is 1210. The van der Waals surface area contributed by atoms with E-state index in [1.54, 1.807) is 12.3 Å². The fraction of sp³-hybridized carbons (Fsp3) is 0.630. The summed E-state index contributed by atoms with van der Waals surface area (Å²) in [5.74, 6) is 0.864. The molecule has 0 atom stereocenters. The van der Waals surface area contributed by atoms with Crippen molar-refractivity contribution in [1.29, 1.82) is 5.26 Å². The topological polar surface area (TPSA) is 99.8 Å². The minimum absolute atomic E-state index is 0.178. The van der Waals surface area contributed by atoms with Gasteiger partial charge in [0.25, 0.3) is 5.56 Å². The van der Waals surface area contributed by atoms with Gasteiger partial charge in [-0.2, -0.15) is 23.5 Å². The molecule has 1 aliphatic rings. The summed E-state index contributed by atoms with van der Waals surface area (Å²) >= 11 is 0. The molecule has 0 saturated carbocycles. The first-order chi connectivity index (χ1) is 19.4. The average Bonchev–Trinajstić information content (AvgIpc) is 2.92. The second-order valence-electron chi connectivity index (χ2n) is 11.3. The summed E-state index contributed by atoms with van der Waals surface area (Å²) in [4.78, 5) is 22.9. The molecule has 0 N–H and O–H groups in total. The van der Waals surface area contributed by atoms with Gasteiger partial charge in [0.15, 0.2) is 0 Å². The number of piperazine rings is 1. The molecular formula is C27H40F3N7O3Si. The third kappa shape index (κ3) is 10.1. The lowest BCUT2D eigenvalue weighted by atomic mass is 10.2. The van der Waals surface area contributed by atoms with Crippen molar-refractivity contribution in [2.75, 3.05) is 75.9 Å². The second kappa shape index (κ2) is 14.8. The zero-order valence-corrected chi connectivity index (χ0v) is 25.3. The number of hydrogen-bond acceptors (Lipinski definition) is 9. The molecule has 10 nitrogen and oxygen atoms in total. The van der Waals surface area contributed by atoms with Crippen molar-refractivity contribution in [3.05, 3.63) is 46.0 Å². The number of nitrogens with zero attached hydrogens (tertiary/aromatic N) is 7. The predicted octanol–water partition coefficient (Wildman–Crippen LogP) is 3.51. The smallest absolute Gasteiger partial charge is 0.380 e. The highest BCUT2D eigenvalue weighted by Gasteiger charge is 2.39. The molecule has 1 aliphatic heterocycles. The lowest BCUT2D eigenvalue weighted by Gasteiger charge is -2.35. The van der Waals surface area contributed by atoms with Crippen LogP contribution >= 0.6 is 0 Å². The van der Waals surface area contributed by atoms with Gasteiger partial charge in [0.2, 0.25) is 0 Å². The van der Waals surface area contributed by atoms with Crippen LogP contribution in [0.4, 0.5) is 24.7 Å². The Labute approximate surface area is 240 Å². The largest absolute Gasteiger partial charge is 0.423 e. The van der Waals surface area contributed by atoms with Crippen molar-refractivity contribution in [2.24, 2.45) is 0 Å². The standard InChI is InChI=1S/C27H40F3N7O3Si/c1-34(23-20-33-37(21-40-16-17-41(2,3)4)26(38)25(23)27(28,29)30)13-15-39-14-5-8-35-9-11-36(12-10-35)24-7-6-22(18-31)19-32-24/h6-7,19-20H,5,8-17,21H2,1-4H3. The van der Waals surface area contributed by atoms with E-state index in [-0.39, 0.29) is 25.6 Å². The van der Waals surface area contributed by atoms with E-state index in [9.17, 15) is 18.0 Å². The van der Waals surface area contributed by atoms with Gasteiger partial charge in [-0.3, -0.25) is 9.69 Å². The van der Waals surface area contributed by atoms with Gasteiger partial charge in [-0.15, -0.1) is 0 Å². The number of ether oxygens (including phenoxy) is 2. The van der Waals surface area contributed by atoms with Crippen molar-refractivity contribution < 1.29 is 22.6 Å². The van der Waals surface area contributed by atoms with Crippen LogP contribution in [0.1, 0.15) is 17.5 Å². The monoisotopic (exact) mass is 595 g/mol. The lowest BCUT2D eigenvalue weighted by Crippen LogP contribution is -2.47. The molecule has 3 rings (SSSR count). The van der Waals surface area contributed by atoms with Crippen molar-refractivity contribution in [3.8, 4) is 6.07 Å². The molecule has 0 bridgehead atoms. The van der Waals surface area contributed by atoms with Crippen molar-refractivity contribution in [3.63, 3.8) is 0 Å². The Kier molecular flexibility index (Phi) is 11.7. The minimum Gasteiger partial charge on any atom is -0.380 e. The van der Waals surface area contributed by atoms with Gasteiger partial charge in [-0.1, -0.05) is 19.6 Å². The Morgan fingerprint density at radius 1 is 1.07 bits per heavy atom. The van der Waals surface area contributed by atoms with E-state index in [0.29, 0.717) is 18.8 Å². The van der Waals surface area contributed by atoms with E-state index >= 15 is 0 Å². The summed E-state index contributed by atoms with van der Waals surface area (Å²) in [5, 5.41) is 12.8. The molecule has 3 heterocycles. The molecule has 0 amide bonds. The molecule has 1 saturated heterocycles. The molecule has 2 aromatic heterocycles. The number of hydrogen-bond donors (Lipinski definition) is 0. The van der Waals surface area contributed by atoms with Crippen LogP contribution in [0.25, 0.3) is 0 Å². The average molecular weight is 596 g/mol. The summed E-state index contributed by atoms with van der Waals surface area (Å²) < 4.78 is 53.4. The van der Waals surface area contributed by atoms with Gasteiger partial charge in [-0.25, -0.2) is 9.67 Å². The lowest BCUT2D eigenvalue weighted by molar-refractivity contribution is -0.138. The SMILES string of the molecule is CN(CCOCCCN1CCN(c2ccc(C#N)cn2)CC1)c1cnn(COCC[Si](C)(C)C)c(=O)c1C(F)(F)F. The first kappa shape index (κ1) is 32.5.